The number of alkyl halides is 2. The van der Waals surface area contributed by atoms with Crippen molar-refractivity contribution in [2.45, 2.75) is 25.7 Å². The van der Waals surface area contributed by atoms with E-state index in [1.807, 2.05) is 0 Å². The fourth-order valence-corrected chi connectivity index (χ4v) is 2.48. The third-order valence-electron chi connectivity index (χ3n) is 3.52. The van der Waals surface area contributed by atoms with Gasteiger partial charge in [0.2, 0.25) is 0 Å². The van der Waals surface area contributed by atoms with Crippen molar-refractivity contribution in [1.82, 2.24) is 5.32 Å². The van der Waals surface area contributed by atoms with Crippen LogP contribution < -0.4 is 10.1 Å². The van der Waals surface area contributed by atoms with Crippen LogP contribution in [0.25, 0.3) is 0 Å². The summed E-state index contributed by atoms with van der Waals surface area (Å²) in [5.74, 6) is -2.03. The summed E-state index contributed by atoms with van der Waals surface area (Å²) in [6.45, 7) is 3.34. The molecule has 0 radical (unpaired) electrons. The number of benzene rings is 1. The van der Waals surface area contributed by atoms with E-state index in [0.29, 0.717) is 12.3 Å². The van der Waals surface area contributed by atoms with Gasteiger partial charge in [-0.2, -0.15) is 0 Å². The topological polar surface area (TPSA) is 21.3 Å². The molecule has 18 heavy (non-hydrogen) atoms. The van der Waals surface area contributed by atoms with Crippen LogP contribution in [0.2, 0.25) is 0 Å². The minimum atomic E-state index is -2.76. The molecule has 1 aliphatic rings. The summed E-state index contributed by atoms with van der Waals surface area (Å²) in [6.07, 6.45) is 0.760. The molecule has 1 aromatic carbocycles. The number of ether oxygens (including phenoxy) is 1. The second-order valence-corrected chi connectivity index (χ2v) is 4.95. The molecule has 0 spiro atoms. The number of hydrogen-bond acceptors (Lipinski definition) is 2. The molecule has 0 amide bonds. The standard InChI is InChI=1S/C14H19F2NO/c1-10-7-12(3-4-13(10)18-2)14(15,16)8-11-5-6-17-9-11/h3-4,7,11,17H,5-6,8-9H2,1-2H3. The number of methoxy groups -OCH3 is 1. The van der Waals surface area contributed by atoms with Gasteiger partial charge in [0.25, 0.3) is 5.92 Å². The highest BCUT2D eigenvalue weighted by atomic mass is 19.3. The third kappa shape index (κ3) is 2.80. The Morgan fingerprint density at radius 2 is 2.22 bits per heavy atom. The van der Waals surface area contributed by atoms with Crippen LogP contribution >= 0.6 is 0 Å². The third-order valence-corrected chi connectivity index (χ3v) is 3.52. The van der Waals surface area contributed by atoms with E-state index in [9.17, 15) is 8.78 Å². The molecule has 1 fully saturated rings. The first-order valence-electron chi connectivity index (χ1n) is 6.26. The van der Waals surface area contributed by atoms with Crippen LogP contribution in [0.4, 0.5) is 8.78 Å². The van der Waals surface area contributed by atoms with E-state index < -0.39 is 5.92 Å². The van der Waals surface area contributed by atoms with Crippen LogP contribution in [0.3, 0.4) is 0 Å². The van der Waals surface area contributed by atoms with Crippen LogP contribution in [0.5, 0.6) is 5.75 Å². The van der Waals surface area contributed by atoms with E-state index in [1.165, 1.54) is 12.1 Å². The number of hydrogen-bond donors (Lipinski definition) is 1. The Hall–Kier alpha value is -1.16. The van der Waals surface area contributed by atoms with E-state index in [-0.39, 0.29) is 17.9 Å². The second-order valence-electron chi connectivity index (χ2n) is 4.95. The van der Waals surface area contributed by atoms with E-state index >= 15 is 0 Å². The maximum absolute atomic E-state index is 14.2. The van der Waals surface area contributed by atoms with Gasteiger partial charge in [-0.3, -0.25) is 0 Å². The van der Waals surface area contributed by atoms with Crippen LogP contribution in [0, 0.1) is 12.8 Å². The van der Waals surface area contributed by atoms with Crippen LogP contribution in [-0.4, -0.2) is 20.2 Å². The fourth-order valence-electron chi connectivity index (χ4n) is 2.48. The molecule has 2 nitrogen and oxygen atoms in total. The molecule has 4 heteroatoms. The molecule has 1 atom stereocenters. The molecule has 1 aliphatic heterocycles. The zero-order chi connectivity index (χ0) is 13.2. The summed E-state index contributed by atoms with van der Waals surface area (Å²) in [6, 6.07) is 4.61. The lowest BCUT2D eigenvalue weighted by atomic mass is 9.94. The average Bonchev–Trinajstić information content (AvgIpc) is 2.81. The smallest absolute Gasteiger partial charge is 0.273 e. The van der Waals surface area contributed by atoms with Crippen molar-refractivity contribution >= 4 is 0 Å². The van der Waals surface area contributed by atoms with Crippen molar-refractivity contribution in [3.63, 3.8) is 0 Å². The predicted molar refractivity (Wildman–Crippen MR) is 67.2 cm³/mol. The predicted octanol–water partition coefficient (Wildman–Crippen LogP) is 3.10. The number of aryl methyl sites for hydroxylation is 1. The summed E-state index contributed by atoms with van der Waals surface area (Å²) in [7, 11) is 1.55. The van der Waals surface area contributed by atoms with E-state index in [2.05, 4.69) is 5.32 Å². The van der Waals surface area contributed by atoms with E-state index in [4.69, 9.17) is 4.74 Å². The minimum absolute atomic E-state index is 0.0717. The fraction of sp³-hybridized carbons (Fsp3) is 0.571. The molecule has 0 aromatic heterocycles. The largest absolute Gasteiger partial charge is 0.496 e. The normalized spacial score (nSPS) is 20.1. The Labute approximate surface area is 106 Å². The van der Waals surface area contributed by atoms with Crippen molar-refractivity contribution in [1.29, 1.82) is 0 Å². The first kappa shape index (κ1) is 13.3. The summed E-state index contributed by atoms with van der Waals surface area (Å²) < 4.78 is 33.4. The van der Waals surface area contributed by atoms with Crippen LogP contribution in [-0.2, 0) is 5.92 Å². The highest BCUT2D eigenvalue weighted by Gasteiger charge is 2.35. The van der Waals surface area contributed by atoms with Crippen molar-refractivity contribution < 1.29 is 13.5 Å². The van der Waals surface area contributed by atoms with Crippen LogP contribution in [0.1, 0.15) is 24.0 Å². The summed E-state index contributed by atoms with van der Waals surface area (Å²) in [5.41, 5.74) is 0.840. The number of nitrogens with one attached hydrogen (secondary N) is 1. The van der Waals surface area contributed by atoms with Gasteiger partial charge in [0.1, 0.15) is 5.75 Å². The molecule has 1 N–H and O–H groups in total. The van der Waals surface area contributed by atoms with Crippen molar-refractivity contribution in [2.75, 3.05) is 20.2 Å². The average molecular weight is 255 g/mol. The Bertz CT molecular complexity index is 414. The Balaban J connectivity index is 2.15. The first-order valence-corrected chi connectivity index (χ1v) is 6.26. The maximum atomic E-state index is 14.2. The van der Waals surface area contributed by atoms with Gasteiger partial charge in [-0.05, 0) is 56.1 Å². The molecule has 1 saturated heterocycles. The van der Waals surface area contributed by atoms with Gasteiger partial charge in [-0.15, -0.1) is 0 Å². The minimum Gasteiger partial charge on any atom is -0.496 e. The zero-order valence-corrected chi connectivity index (χ0v) is 10.8. The molecule has 0 bridgehead atoms. The maximum Gasteiger partial charge on any atom is 0.273 e. The first-order chi connectivity index (χ1) is 8.53. The Morgan fingerprint density at radius 1 is 1.44 bits per heavy atom. The van der Waals surface area contributed by atoms with Crippen molar-refractivity contribution in [3.8, 4) is 5.75 Å². The van der Waals surface area contributed by atoms with Crippen LogP contribution in [0.15, 0.2) is 18.2 Å². The van der Waals surface area contributed by atoms with Crippen molar-refractivity contribution in [2.24, 2.45) is 5.92 Å². The number of rotatable bonds is 4. The molecule has 1 unspecified atom stereocenters. The highest BCUT2D eigenvalue weighted by molar-refractivity contribution is 5.37. The molecule has 0 aliphatic carbocycles. The highest BCUT2D eigenvalue weighted by Crippen LogP contribution is 2.37. The van der Waals surface area contributed by atoms with Gasteiger partial charge in [0.15, 0.2) is 0 Å². The lowest BCUT2D eigenvalue weighted by molar-refractivity contribution is -0.0269. The zero-order valence-electron chi connectivity index (χ0n) is 10.8. The molecular weight excluding hydrogens is 236 g/mol. The number of halogens is 2. The summed E-state index contributed by atoms with van der Waals surface area (Å²) in [4.78, 5) is 0. The summed E-state index contributed by atoms with van der Waals surface area (Å²) in [5, 5.41) is 3.12. The van der Waals surface area contributed by atoms with Gasteiger partial charge in [0.05, 0.1) is 7.11 Å². The quantitative estimate of drug-likeness (QED) is 0.892. The van der Waals surface area contributed by atoms with Gasteiger partial charge < -0.3 is 10.1 Å². The second kappa shape index (κ2) is 5.22. The molecule has 100 valence electrons. The lowest BCUT2D eigenvalue weighted by Crippen LogP contribution is -2.20. The SMILES string of the molecule is COc1ccc(C(F)(F)CC2CCNC2)cc1C. The Morgan fingerprint density at radius 3 is 2.78 bits per heavy atom. The van der Waals surface area contributed by atoms with Gasteiger partial charge in [-0.1, -0.05) is 0 Å². The molecule has 0 saturated carbocycles. The molecule has 2 rings (SSSR count). The van der Waals surface area contributed by atoms with Gasteiger partial charge in [0, 0.05) is 12.0 Å². The van der Waals surface area contributed by atoms with E-state index in [1.54, 1.807) is 20.1 Å². The molecular formula is C14H19F2NO. The Kier molecular flexibility index (Phi) is 3.85. The lowest BCUT2D eigenvalue weighted by Gasteiger charge is -2.21. The van der Waals surface area contributed by atoms with Gasteiger partial charge >= 0.3 is 0 Å². The monoisotopic (exact) mass is 255 g/mol. The molecule has 1 heterocycles. The van der Waals surface area contributed by atoms with Crippen molar-refractivity contribution in [3.05, 3.63) is 29.3 Å². The molecule has 1 aromatic rings. The summed E-state index contributed by atoms with van der Waals surface area (Å²) >= 11 is 0. The van der Waals surface area contributed by atoms with E-state index in [0.717, 1.165) is 18.5 Å². The van der Waals surface area contributed by atoms with Gasteiger partial charge in [-0.25, -0.2) is 8.78 Å².